The molecular formula is C18H28FN3O3S. The number of carbonyl (C=O) groups is 1. The van der Waals surface area contributed by atoms with Crippen molar-refractivity contribution in [3.8, 4) is 0 Å². The Labute approximate surface area is 155 Å². The molecule has 2 rings (SSSR count). The molecule has 1 saturated heterocycles. The van der Waals surface area contributed by atoms with E-state index in [-0.39, 0.29) is 17.0 Å². The second-order valence-corrected chi connectivity index (χ2v) is 8.74. The molecule has 2 amide bonds. The highest BCUT2D eigenvalue weighted by Gasteiger charge is 2.29. The average Bonchev–Trinajstić information content (AvgIpc) is 2.62. The van der Waals surface area contributed by atoms with Crippen LogP contribution in [0.2, 0.25) is 0 Å². The molecular weight excluding hydrogens is 357 g/mol. The summed E-state index contributed by atoms with van der Waals surface area (Å²) in [6.45, 7) is 5.44. The summed E-state index contributed by atoms with van der Waals surface area (Å²) in [4.78, 5) is 11.8. The number of sulfonamides is 1. The van der Waals surface area contributed by atoms with E-state index in [1.54, 1.807) is 0 Å². The first-order valence-corrected chi connectivity index (χ1v) is 10.6. The maximum absolute atomic E-state index is 13.0. The number of rotatable bonds is 7. The van der Waals surface area contributed by atoms with Crippen LogP contribution in [0.1, 0.15) is 39.5 Å². The number of hydrogen-bond donors (Lipinski definition) is 2. The van der Waals surface area contributed by atoms with Gasteiger partial charge in [-0.3, -0.25) is 0 Å². The van der Waals surface area contributed by atoms with Gasteiger partial charge in [0.05, 0.1) is 4.90 Å². The monoisotopic (exact) mass is 385 g/mol. The van der Waals surface area contributed by atoms with Gasteiger partial charge in [0, 0.05) is 25.7 Å². The van der Waals surface area contributed by atoms with Crippen molar-refractivity contribution < 1.29 is 17.6 Å². The van der Waals surface area contributed by atoms with Crippen molar-refractivity contribution in [1.82, 2.24) is 14.9 Å². The fourth-order valence-electron chi connectivity index (χ4n) is 2.96. The molecule has 1 aromatic carbocycles. The molecule has 26 heavy (non-hydrogen) atoms. The van der Waals surface area contributed by atoms with Crippen molar-refractivity contribution in [2.75, 3.05) is 19.6 Å². The van der Waals surface area contributed by atoms with E-state index in [9.17, 15) is 17.6 Å². The van der Waals surface area contributed by atoms with E-state index in [0.717, 1.165) is 37.8 Å². The lowest BCUT2D eigenvalue weighted by Crippen LogP contribution is -2.42. The van der Waals surface area contributed by atoms with Crippen LogP contribution in [-0.4, -0.2) is 44.4 Å². The van der Waals surface area contributed by atoms with Crippen molar-refractivity contribution in [3.63, 3.8) is 0 Å². The number of urea groups is 1. The molecule has 0 spiro atoms. The molecule has 1 aliphatic heterocycles. The quantitative estimate of drug-likeness (QED) is 0.757. The van der Waals surface area contributed by atoms with Crippen LogP contribution in [0.15, 0.2) is 29.2 Å². The summed E-state index contributed by atoms with van der Waals surface area (Å²) in [5.74, 6) is -0.0638. The summed E-state index contributed by atoms with van der Waals surface area (Å²) in [5.41, 5.74) is 0. The summed E-state index contributed by atoms with van der Waals surface area (Å²) in [5, 5.41) is 5.70. The zero-order valence-electron chi connectivity index (χ0n) is 15.4. The summed E-state index contributed by atoms with van der Waals surface area (Å²) >= 11 is 0. The molecule has 146 valence electrons. The molecule has 0 unspecified atom stereocenters. The minimum absolute atomic E-state index is 0.126. The predicted molar refractivity (Wildman–Crippen MR) is 98.8 cm³/mol. The Bertz CT molecular complexity index is 686. The van der Waals surface area contributed by atoms with Crippen LogP contribution >= 0.6 is 0 Å². The topological polar surface area (TPSA) is 78.5 Å². The van der Waals surface area contributed by atoms with Crippen LogP contribution in [0.3, 0.4) is 0 Å². The van der Waals surface area contributed by atoms with Gasteiger partial charge in [-0.25, -0.2) is 17.6 Å². The molecule has 2 N–H and O–H groups in total. The Balaban J connectivity index is 1.76. The van der Waals surface area contributed by atoms with Crippen molar-refractivity contribution in [2.45, 2.75) is 50.5 Å². The molecule has 0 radical (unpaired) electrons. The SMILES string of the molecule is CC[C@@H](C)NC(=O)NCCC1CCN(S(=O)(=O)c2ccc(F)cc2)CC1. The second-order valence-electron chi connectivity index (χ2n) is 6.80. The van der Waals surface area contributed by atoms with Gasteiger partial charge in [-0.1, -0.05) is 6.92 Å². The first-order chi connectivity index (χ1) is 12.3. The van der Waals surface area contributed by atoms with Crippen molar-refractivity contribution in [2.24, 2.45) is 5.92 Å². The molecule has 0 saturated carbocycles. The molecule has 8 heteroatoms. The summed E-state index contributed by atoms with van der Waals surface area (Å²) in [7, 11) is -3.57. The standard InChI is InChI=1S/C18H28FN3O3S/c1-3-14(2)21-18(23)20-11-8-15-9-12-22(13-10-15)26(24,25)17-6-4-16(19)5-7-17/h4-7,14-15H,3,8-13H2,1-2H3,(H2,20,21,23)/t14-/m1/s1. The Hall–Kier alpha value is -1.67. The highest BCUT2D eigenvalue weighted by atomic mass is 32.2. The van der Waals surface area contributed by atoms with Gasteiger partial charge in [0.25, 0.3) is 0 Å². The molecule has 1 fully saturated rings. The van der Waals surface area contributed by atoms with E-state index in [1.807, 2.05) is 13.8 Å². The third kappa shape index (κ3) is 5.67. The summed E-state index contributed by atoms with van der Waals surface area (Å²) in [6, 6.07) is 4.92. The van der Waals surface area contributed by atoms with E-state index in [2.05, 4.69) is 10.6 Å². The van der Waals surface area contributed by atoms with Gasteiger partial charge in [0.15, 0.2) is 0 Å². The van der Waals surface area contributed by atoms with Gasteiger partial charge in [-0.05, 0) is 62.8 Å². The van der Waals surface area contributed by atoms with Gasteiger partial charge in [-0.15, -0.1) is 0 Å². The number of nitrogens with zero attached hydrogens (tertiary/aromatic N) is 1. The van der Waals surface area contributed by atoms with Crippen LogP contribution in [-0.2, 0) is 10.0 Å². The number of piperidine rings is 1. The van der Waals surface area contributed by atoms with E-state index in [4.69, 9.17) is 0 Å². The lowest BCUT2D eigenvalue weighted by Gasteiger charge is -2.31. The van der Waals surface area contributed by atoms with E-state index in [1.165, 1.54) is 16.4 Å². The Morgan fingerprint density at radius 1 is 1.27 bits per heavy atom. The first kappa shape index (κ1) is 20.6. The number of carbonyl (C=O) groups excluding carboxylic acids is 1. The molecule has 0 aromatic heterocycles. The van der Waals surface area contributed by atoms with Gasteiger partial charge in [0.2, 0.25) is 10.0 Å². The fraction of sp³-hybridized carbons (Fsp3) is 0.611. The normalized spacial score (nSPS) is 17.7. The van der Waals surface area contributed by atoms with E-state index >= 15 is 0 Å². The number of hydrogen-bond acceptors (Lipinski definition) is 3. The molecule has 1 heterocycles. The predicted octanol–water partition coefficient (Wildman–Crippen LogP) is 2.71. The maximum Gasteiger partial charge on any atom is 0.314 e. The zero-order chi connectivity index (χ0) is 19.2. The van der Waals surface area contributed by atoms with Gasteiger partial charge < -0.3 is 10.6 Å². The lowest BCUT2D eigenvalue weighted by molar-refractivity contribution is 0.233. The van der Waals surface area contributed by atoms with Gasteiger partial charge in [0.1, 0.15) is 5.82 Å². The molecule has 1 atom stereocenters. The minimum atomic E-state index is -3.57. The molecule has 0 bridgehead atoms. The Kier molecular flexibility index (Phi) is 7.40. The van der Waals surface area contributed by atoms with E-state index < -0.39 is 15.8 Å². The van der Waals surface area contributed by atoms with Crippen LogP contribution < -0.4 is 10.6 Å². The molecule has 1 aromatic rings. The molecule has 0 aliphatic carbocycles. The highest BCUT2D eigenvalue weighted by Crippen LogP contribution is 2.25. The number of benzene rings is 1. The van der Waals surface area contributed by atoms with Gasteiger partial charge in [-0.2, -0.15) is 4.31 Å². The highest BCUT2D eigenvalue weighted by molar-refractivity contribution is 7.89. The largest absolute Gasteiger partial charge is 0.338 e. The fourth-order valence-corrected chi connectivity index (χ4v) is 4.43. The summed E-state index contributed by atoms with van der Waals surface area (Å²) in [6.07, 6.45) is 3.23. The maximum atomic E-state index is 13.0. The molecule has 6 nitrogen and oxygen atoms in total. The number of nitrogens with one attached hydrogen (secondary N) is 2. The summed E-state index contributed by atoms with van der Waals surface area (Å²) < 4.78 is 39.6. The van der Waals surface area contributed by atoms with E-state index in [0.29, 0.717) is 25.6 Å². The Morgan fingerprint density at radius 3 is 2.46 bits per heavy atom. The minimum Gasteiger partial charge on any atom is -0.338 e. The third-order valence-corrected chi connectivity index (χ3v) is 6.77. The number of amides is 2. The molecule has 1 aliphatic rings. The van der Waals surface area contributed by atoms with Crippen molar-refractivity contribution >= 4 is 16.1 Å². The van der Waals surface area contributed by atoms with Crippen LogP contribution in [0, 0.1) is 11.7 Å². The smallest absolute Gasteiger partial charge is 0.314 e. The first-order valence-electron chi connectivity index (χ1n) is 9.13. The van der Waals surface area contributed by atoms with Crippen LogP contribution in [0.5, 0.6) is 0 Å². The van der Waals surface area contributed by atoms with Crippen LogP contribution in [0.25, 0.3) is 0 Å². The lowest BCUT2D eigenvalue weighted by atomic mass is 9.95. The average molecular weight is 386 g/mol. The van der Waals surface area contributed by atoms with Gasteiger partial charge >= 0.3 is 6.03 Å². The number of halogens is 1. The van der Waals surface area contributed by atoms with Crippen LogP contribution in [0.4, 0.5) is 9.18 Å². The third-order valence-electron chi connectivity index (χ3n) is 4.85. The Morgan fingerprint density at radius 2 is 1.88 bits per heavy atom. The zero-order valence-corrected chi connectivity index (χ0v) is 16.2. The van der Waals surface area contributed by atoms with Crippen molar-refractivity contribution in [1.29, 1.82) is 0 Å². The second kappa shape index (κ2) is 9.32. The van der Waals surface area contributed by atoms with Crippen molar-refractivity contribution in [3.05, 3.63) is 30.1 Å².